The maximum absolute atomic E-state index is 13.0. The zero-order valence-corrected chi connectivity index (χ0v) is 20.1. The van der Waals surface area contributed by atoms with Crippen molar-refractivity contribution in [3.8, 4) is 0 Å². The standard InChI is InChI=1S/C26H32N6O/c1-6-26(4,5)32-23(28-29-30-32)17-31(15-20-12-10-18(2)11-13-20)16-22-14-21-9-7-8-19(3)24(21)27-25(22)33/h7-14H,6,15-17H2,1-5H3,(H,27,33). The fourth-order valence-corrected chi connectivity index (χ4v) is 4.03. The van der Waals surface area contributed by atoms with Crippen molar-refractivity contribution in [3.05, 3.63) is 87.0 Å². The third-order valence-electron chi connectivity index (χ3n) is 6.42. The molecule has 0 atom stereocenters. The summed E-state index contributed by atoms with van der Waals surface area (Å²) in [5, 5.41) is 13.6. The molecule has 0 saturated heterocycles. The summed E-state index contributed by atoms with van der Waals surface area (Å²) in [6.07, 6.45) is 0.909. The first-order valence-corrected chi connectivity index (χ1v) is 11.4. The molecule has 0 aliphatic carbocycles. The average molecular weight is 445 g/mol. The number of aryl methyl sites for hydroxylation is 2. The molecule has 0 amide bonds. The molecule has 0 radical (unpaired) electrons. The van der Waals surface area contributed by atoms with Crippen molar-refractivity contribution in [2.45, 2.75) is 66.2 Å². The minimum atomic E-state index is -0.188. The average Bonchev–Trinajstić information content (AvgIpc) is 3.26. The minimum absolute atomic E-state index is 0.0563. The van der Waals surface area contributed by atoms with Gasteiger partial charge in [-0.1, -0.05) is 55.0 Å². The van der Waals surface area contributed by atoms with Gasteiger partial charge >= 0.3 is 0 Å². The molecule has 4 aromatic rings. The fourth-order valence-electron chi connectivity index (χ4n) is 4.03. The number of pyridine rings is 1. The Bertz CT molecular complexity index is 1300. The maximum atomic E-state index is 13.0. The molecular formula is C26H32N6O. The number of benzene rings is 2. The predicted octanol–water partition coefficient (Wildman–Crippen LogP) is 4.48. The number of hydrogen-bond donors (Lipinski definition) is 1. The van der Waals surface area contributed by atoms with Crippen LogP contribution in [0.5, 0.6) is 0 Å². The molecule has 0 saturated carbocycles. The van der Waals surface area contributed by atoms with Crippen molar-refractivity contribution >= 4 is 10.9 Å². The van der Waals surface area contributed by atoms with Crippen LogP contribution in [0.2, 0.25) is 0 Å². The highest BCUT2D eigenvalue weighted by atomic mass is 16.1. The van der Waals surface area contributed by atoms with Crippen LogP contribution < -0.4 is 5.56 Å². The van der Waals surface area contributed by atoms with Crippen molar-refractivity contribution in [2.75, 3.05) is 0 Å². The zero-order chi connectivity index (χ0) is 23.6. The molecule has 0 spiro atoms. The zero-order valence-electron chi connectivity index (χ0n) is 20.1. The van der Waals surface area contributed by atoms with Gasteiger partial charge in [0.25, 0.3) is 5.56 Å². The summed E-state index contributed by atoms with van der Waals surface area (Å²) in [5.74, 6) is 0.794. The van der Waals surface area contributed by atoms with Gasteiger partial charge in [-0.05, 0) is 67.1 Å². The normalized spacial score (nSPS) is 12.1. The highest BCUT2D eigenvalue weighted by molar-refractivity contribution is 5.81. The van der Waals surface area contributed by atoms with Gasteiger partial charge in [0.1, 0.15) is 0 Å². The van der Waals surface area contributed by atoms with Gasteiger partial charge in [-0.15, -0.1) is 5.10 Å². The molecule has 7 heteroatoms. The topological polar surface area (TPSA) is 79.7 Å². The van der Waals surface area contributed by atoms with Crippen molar-refractivity contribution < 1.29 is 0 Å². The number of H-pyrrole nitrogens is 1. The lowest BCUT2D eigenvalue weighted by molar-refractivity contribution is 0.217. The van der Waals surface area contributed by atoms with Crippen LogP contribution in [0.1, 0.15) is 55.3 Å². The molecule has 0 aliphatic rings. The van der Waals surface area contributed by atoms with E-state index in [4.69, 9.17) is 0 Å². The molecule has 0 fully saturated rings. The lowest BCUT2D eigenvalue weighted by Crippen LogP contribution is -2.32. The smallest absolute Gasteiger partial charge is 0.252 e. The highest BCUT2D eigenvalue weighted by Crippen LogP contribution is 2.21. The summed E-state index contributed by atoms with van der Waals surface area (Å²) in [4.78, 5) is 18.3. The molecule has 0 bridgehead atoms. The first kappa shape index (κ1) is 22.9. The number of nitrogens with zero attached hydrogens (tertiary/aromatic N) is 5. The van der Waals surface area contributed by atoms with E-state index in [2.05, 4.69) is 77.4 Å². The number of nitrogens with one attached hydrogen (secondary N) is 1. The number of tetrazole rings is 1. The molecule has 0 unspecified atom stereocenters. The van der Waals surface area contributed by atoms with Crippen molar-refractivity contribution in [3.63, 3.8) is 0 Å². The second kappa shape index (κ2) is 9.27. The summed E-state index contributed by atoms with van der Waals surface area (Å²) in [6.45, 7) is 12.2. The molecular weight excluding hydrogens is 412 g/mol. The first-order valence-electron chi connectivity index (χ1n) is 11.4. The van der Waals surface area contributed by atoms with Crippen LogP contribution in [0.25, 0.3) is 10.9 Å². The Morgan fingerprint density at radius 2 is 1.79 bits per heavy atom. The van der Waals surface area contributed by atoms with Crippen molar-refractivity contribution in [1.82, 2.24) is 30.1 Å². The summed E-state index contributed by atoms with van der Waals surface area (Å²) in [5.41, 5.74) is 4.85. The van der Waals surface area contributed by atoms with Crippen LogP contribution in [0, 0.1) is 13.8 Å². The second-order valence-corrected chi connectivity index (χ2v) is 9.47. The van der Waals surface area contributed by atoms with Gasteiger partial charge in [-0.3, -0.25) is 9.69 Å². The number of aromatic nitrogens is 5. The van der Waals surface area contributed by atoms with Crippen LogP contribution in [-0.2, 0) is 25.2 Å². The molecule has 0 aliphatic heterocycles. The molecule has 2 aromatic heterocycles. The molecule has 2 aromatic carbocycles. The van der Waals surface area contributed by atoms with Gasteiger partial charge < -0.3 is 4.98 Å². The first-order chi connectivity index (χ1) is 15.8. The molecule has 33 heavy (non-hydrogen) atoms. The minimum Gasteiger partial charge on any atom is -0.321 e. The van der Waals surface area contributed by atoms with Crippen LogP contribution in [0.4, 0.5) is 0 Å². The van der Waals surface area contributed by atoms with Gasteiger partial charge in [0, 0.05) is 18.7 Å². The van der Waals surface area contributed by atoms with Gasteiger partial charge in [-0.2, -0.15) is 0 Å². The predicted molar refractivity (Wildman–Crippen MR) is 131 cm³/mol. The SMILES string of the molecule is CCC(C)(C)n1nnnc1CN(Cc1ccc(C)cc1)Cc1cc2cccc(C)c2[nH]c1=O. The highest BCUT2D eigenvalue weighted by Gasteiger charge is 2.25. The largest absolute Gasteiger partial charge is 0.321 e. The lowest BCUT2D eigenvalue weighted by atomic mass is 10.0. The van der Waals surface area contributed by atoms with Gasteiger partial charge in [0.05, 0.1) is 17.6 Å². The van der Waals surface area contributed by atoms with E-state index in [9.17, 15) is 4.79 Å². The van der Waals surface area contributed by atoms with Crippen LogP contribution in [0.3, 0.4) is 0 Å². The van der Waals surface area contributed by atoms with Crippen molar-refractivity contribution in [2.24, 2.45) is 0 Å². The molecule has 4 rings (SSSR count). The van der Waals surface area contributed by atoms with E-state index in [-0.39, 0.29) is 11.1 Å². The van der Waals surface area contributed by atoms with E-state index >= 15 is 0 Å². The Morgan fingerprint density at radius 3 is 2.52 bits per heavy atom. The fraction of sp³-hybridized carbons (Fsp3) is 0.385. The molecule has 1 N–H and O–H groups in total. The Balaban J connectivity index is 1.69. The third kappa shape index (κ3) is 5.03. The van der Waals surface area contributed by atoms with E-state index in [1.165, 1.54) is 11.1 Å². The quantitative estimate of drug-likeness (QED) is 0.433. The number of fused-ring (bicyclic) bond motifs is 1. The Kier molecular flexibility index (Phi) is 6.42. The summed E-state index contributed by atoms with van der Waals surface area (Å²) < 4.78 is 1.91. The molecule has 172 valence electrons. The number of aromatic amines is 1. The summed E-state index contributed by atoms with van der Waals surface area (Å²) in [7, 11) is 0. The second-order valence-electron chi connectivity index (χ2n) is 9.47. The van der Waals surface area contributed by atoms with E-state index in [1.54, 1.807) is 0 Å². The summed E-state index contributed by atoms with van der Waals surface area (Å²) >= 11 is 0. The lowest BCUT2D eigenvalue weighted by Gasteiger charge is -2.27. The van der Waals surface area contributed by atoms with E-state index in [0.29, 0.717) is 19.6 Å². The number of para-hydroxylation sites is 1. The van der Waals surface area contributed by atoms with Crippen molar-refractivity contribution in [1.29, 1.82) is 0 Å². The monoisotopic (exact) mass is 444 g/mol. The number of hydrogen-bond acceptors (Lipinski definition) is 5. The summed E-state index contributed by atoms with van der Waals surface area (Å²) in [6, 6.07) is 16.6. The van der Waals surface area contributed by atoms with Gasteiger partial charge in [0.2, 0.25) is 0 Å². The van der Waals surface area contributed by atoms with E-state index in [1.807, 2.05) is 35.9 Å². The van der Waals surface area contributed by atoms with Crippen LogP contribution in [-0.4, -0.2) is 30.1 Å². The number of rotatable bonds is 8. The Labute approximate surface area is 194 Å². The van der Waals surface area contributed by atoms with Crippen LogP contribution in [0.15, 0.2) is 53.3 Å². The third-order valence-corrected chi connectivity index (χ3v) is 6.42. The maximum Gasteiger partial charge on any atom is 0.252 e. The van der Waals surface area contributed by atoms with E-state index in [0.717, 1.165) is 34.3 Å². The Morgan fingerprint density at radius 1 is 1.03 bits per heavy atom. The Hall–Kier alpha value is -3.32. The van der Waals surface area contributed by atoms with Gasteiger partial charge in [0.15, 0.2) is 5.82 Å². The molecule has 7 nitrogen and oxygen atoms in total. The van der Waals surface area contributed by atoms with Gasteiger partial charge in [-0.25, -0.2) is 4.68 Å². The molecule has 2 heterocycles. The van der Waals surface area contributed by atoms with E-state index < -0.39 is 0 Å². The van der Waals surface area contributed by atoms with Crippen LogP contribution >= 0.6 is 0 Å².